The van der Waals surface area contributed by atoms with Crippen LogP contribution in [0.3, 0.4) is 0 Å². The highest BCUT2D eigenvalue weighted by Crippen LogP contribution is 2.34. The summed E-state index contributed by atoms with van der Waals surface area (Å²) in [5.74, 6) is -2.96. The van der Waals surface area contributed by atoms with Crippen LogP contribution in [0, 0.1) is 6.92 Å². The van der Waals surface area contributed by atoms with Crippen molar-refractivity contribution >= 4 is 45.9 Å². The van der Waals surface area contributed by atoms with Gasteiger partial charge in [0.25, 0.3) is 5.91 Å². The molecular weight excluding hydrogens is 462 g/mol. The van der Waals surface area contributed by atoms with Crippen LogP contribution in [-0.4, -0.2) is 50.4 Å². The van der Waals surface area contributed by atoms with E-state index in [-0.39, 0.29) is 34.1 Å². The van der Waals surface area contributed by atoms with E-state index in [1.54, 1.807) is 6.07 Å². The number of amides is 1. The molecule has 0 fully saturated rings. The Labute approximate surface area is 200 Å². The lowest BCUT2D eigenvalue weighted by atomic mass is 10.0. The first-order valence-electron chi connectivity index (χ1n) is 10.7. The van der Waals surface area contributed by atoms with Crippen molar-refractivity contribution < 1.29 is 38.2 Å². The van der Waals surface area contributed by atoms with Crippen LogP contribution in [0.4, 0.5) is 5.00 Å². The molecule has 0 atom stereocenters. The number of thiophene rings is 1. The molecular formula is C24H25NO8S. The maximum atomic E-state index is 12.4. The van der Waals surface area contributed by atoms with Crippen LogP contribution < -0.4 is 5.32 Å². The molecule has 9 nitrogen and oxygen atoms in total. The molecule has 0 aliphatic heterocycles. The Morgan fingerprint density at radius 3 is 2.38 bits per heavy atom. The van der Waals surface area contributed by atoms with Crippen molar-refractivity contribution in [2.24, 2.45) is 0 Å². The third-order valence-corrected chi connectivity index (χ3v) is 6.69. The van der Waals surface area contributed by atoms with Gasteiger partial charge in [0.1, 0.15) is 9.88 Å². The molecule has 2 aromatic rings. The Morgan fingerprint density at radius 1 is 0.971 bits per heavy atom. The first-order chi connectivity index (χ1) is 16.2. The average molecular weight is 488 g/mol. The highest BCUT2D eigenvalue weighted by Gasteiger charge is 2.27. The van der Waals surface area contributed by atoms with Crippen molar-refractivity contribution in [2.75, 3.05) is 26.1 Å². The average Bonchev–Trinajstić information content (AvgIpc) is 3.43. The smallest absolute Gasteiger partial charge is 0.348 e. The van der Waals surface area contributed by atoms with Gasteiger partial charge in [0, 0.05) is 12.0 Å². The number of fused-ring (bicyclic) bond motifs is 1. The normalized spacial score (nSPS) is 12.0. The number of carbonyl (C=O) groups is 5. The number of nitrogens with one attached hydrogen (secondary N) is 1. The predicted molar refractivity (Wildman–Crippen MR) is 123 cm³/mol. The number of hydrogen-bond donors (Lipinski definition) is 1. The fourth-order valence-corrected chi connectivity index (χ4v) is 4.85. The Bertz CT molecular complexity index is 1150. The lowest BCUT2D eigenvalue weighted by molar-refractivity contribution is -0.147. The SMILES string of the molecule is COC(=O)c1sc(NC(=O)COC(=O)CCC(=O)c2ccc3c(c2)CCC3)c(C(=O)OC)c1C. The molecule has 1 aromatic carbocycles. The summed E-state index contributed by atoms with van der Waals surface area (Å²) in [4.78, 5) is 60.9. The van der Waals surface area contributed by atoms with Gasteiger partial charge in [-0.1, -0.05) is 12.1 Å². The van der Waals surface area contributed by atoms with Crippen LogP contribution in [0.15, 0.2) is 18.2 Å². The first-order valence-corrected chi connectivity index (χ1v) is 11.5. The first kappa shape index (κ1) is 25.1. The summed E-state index contributed by atoms with van der Waals surface area (Å²) in [6.07, 6.45) is 2.86. The number of ketones is 1. The van der Waals surface area contributed by atoms with E-state index in [0.29, 0.717) is 11.1 Å². The van der Waals surface area contributed by atoms with Crippen LogP contribution in [0.5, 0.6) is 0 Å². The third kappa shape index (κ3) is 5.69. The minimum atomic E-state index is -0.735. The van der Waals surface area contributed by atoms with Gasteiger partial charge in [-0.15, -0.1) is 11.3 Å². The highest BCUT2D eigenvalue weighted by atomic mass is 32.1. The van der Waals surface area contributed by atoms with Gasteiger partial charge < -0.3 is 19.5 Å². The number of carbonyl (C=O) groups excluding carboxylic acids is 5. The zero-order valence-corrected chi connectivity index (χ0v) is 20.0. The van der Waals surface area contributed by atoms with Gasteiger partial charge in [-0.2, -0.15) is 0 Å². The van der Waals surface area contributed by atoms with Crippen molar-refractivity contribution in [3.8, 4) is 0 Å². The molecule has 0 unspecified atom stereocenters. The summed E-state index contributed by atoms with van der Waals surface area (Å²) >= 11 is 0.853. The van der Waals surface area contributed by atoms with Crippen molar-refractivity contribution in [1.29, 1.82) is 0 Å². The Kier molecular flexibility index (Phi) is 8.17. The third-order valence-electron chi connectivity index (χ3n) is 5.50. The van der Waals surface area contributed by atoms with E-state index in [9.17, 15) is 24.0 Å². The fraction of sp³-hybridized carbons (Fsp3) is 0.375. The largest absolute Gasteiger partial charge is 0.465 e. The molecule has 0 bridgehead atoms. The monoisotopic (exact) mass is 487 g/mol. The summed E-state index contributed by atoms with van der Waals surface area (Å²) < 4.78 is 14.4. The number of hydrogen-bond acceptors (Lipinski definition) is 9. The predicted octanol–water partition coefficient (Wildman–Crippen LogP) is 3.26. The van der Waals surface area contributed by atoms with Gasteiger partial charge in [-0.25, -0.2) is 9.59 Å². The molecule has 34 heavy (non-hydrogen) atoms. The summed E-state index contributed by atoms with van der Waals surface area (Å²) in [5.41, 5.74) is 3.33. The number of benzene rings is 1. The van der Waals surface area contributed by atoms with Crippen LogP contribution in [0.25, 0.3) is 0 Å². The molecule has 1 heterocycles. The van der Waals surface area contributed by atoms with E-state index in [1.165, 1.54) is 32.3 Å². The van der Waals surface area contributed by atoms with Crippen LogP contribution in [0.1, 0.15) is 66.3 Å². The highest BCUT2D eigenvalue weighted by molar-refractivity contribution is 7.18. The molecule has 1 aromatic heterocycles. The second-order valence-corrected chi connectivity index (χ2v) is 8.73. The lowest BCUT2D eigenvalue weighted by Crippen LogP contribution is -2.22. The van der Waals surface area contributed by atoms with E-state index in [4.69, 9.17) is 14.2 Å². The minimum Gasteiger partial charge on any atom is -0.465 e. The maximum absolute atomic E-state index is 12.4. The fourth-order valence-electron chi connectivity index (χ4n) is 3.72. The summed E-state index contributed by atoms with van der Waals surface area (Å²) in [6.45, 7) is 0.916. The second kappa shape index (κ2) is 11.1. The topological polar surface area (TPSA) is 125 Å². The molecule has 0 saturated heterocycles. The number of anilines is 1. The quantitative estimate of drug-likeness (QED) is 0.325. The zero-order chi connectivity index (χ0) is 24.8. The Hall–Kier alpha value is -3.53. The molecule has 1 N–H and O–H groups in total. The summed E-state index contributed by atoms with van der Waals surface area (Å²) in [7, 11) is 2.38. The summed E-state index contributed by atoms with van der Waals surface area (Å²) in [6, 6.07) is 5.61. The standard InChI is InChI=1S/C24H25NO8S/c1-13-20(23(29)31-2)22(34-21(13)24(30)32-3)25-18(27)12-33-19(28)10-9-17(26)16-8-7-14-5-4-6-15(14)11-16/h7-8,11H,4-6,9-10,12H2,1-3H3,(H,25,27). The van der Waals surface area contributed by atoms with Gasteiger partial charge in [-0.05, 0) is 48.9 Å². The molecule has 3 rings (SSSR count). The number of ether oxygens (including phenoxy) is 3. The van der Waals surface area contributed by atoms with Gasteiger partial charge in [-0.3, -0.25) is 14.4 Å². The van der Waals surface area contributed by atoms with E-state index in [2.05, 4.69) is 5.32 Å². The zero-order valence-electron chi connectivity index (χ0n) is 19.1. The number of aryl methyl sites for hydroxylation is 2. The van der Waals surface area contributed by atoms with E-state index in [1.807, 2.05) is 12.1 Å². The van der Waals surface area contributed by atoms with Crippen molar-refractivity contribution in [3.05, 3.63) is 50.9 Å². The molecule has 1 amide bonds. The van der Waals surface area contributed by atoms with Crippen molar-refractivity contribution in [1.82, 2.24) is 0 Å². The minimum absolute atomic E-state index is 0.0209. The Morgan fingerprint density at radius 2 is 1.68 bits per heavy atom. The van der Waals surface area contributed by atoms with Crippen LogP contribution >= 0.6 is 11.3 Å². The lowest BCUT2D eigenvalue weighted by Gasteiger charge is -2.07. The molecule has 1 aliphatic carbocycles. The van der Waals surface area contributed by atoms with Gasteiger partial charge in [0.15, 0.2) is 12.4 Å². The van der Waals surface area contributed by atoms with E-state index < -0.39 is 30.4 Å². The molecule has 1 aliphatic rings. The van der Waals surface area contributed by atoms with Crippen LogP contribution in [-0.2, 0) is 36.6 Å². The number of rotatable bonds is 9. The molecule has 0 spiro atoms. The number of esters is 3. The van der Waals surface area contributed by atoms with E-state index in [0.717, 1.165) is 30.6 Å². The van der Waals surface area contributed by atoms with Gasteiger partial charge in [0.2, 0.25) is 0 Å². The van der Waals surface area contributed by atoms with Crippen molar-refractivity contribution in [2.45, 2.75) is 39.0 Å². The molecule has 0 radical (unpaired) electrons. The van der Waals surface area contributed by atoms with E-state index >= 15 is 0 Å². The maximum Gasteiger partial charge on any atom is 0.348 e. The second-order valence-electron chi connectivity index (χ2n) is 7.71. The number of methoxy groups -OCH3 is 2. The Balaban J connectivity index is 1.53. The molecule has 10 heteroatoms. The van der Waals surface area contributed by atoms with Gasteiger partial charge >= 0.3 is 17.9 Å². The van der Waals surface area contributed by atoms with Crippen molar-refractivity contribution in [3.63, 3.8) is 0 Å². The summed E-state index contributed by atoms with van der Waals surface area (Å²) in [5, 5.41) is 2.54. The van der Waals surface area contributed by atoms with Crippen LogP contribution in [0.2, 0.25) is 0 Å². The number of Topliss-reactive ketones (excluding diaryl/α,β-unsaturated/α-hetero) is 1. The molecule has 180 valence electrons. The van der Waals surface area contributed by atoms with Gasteiger partial charge in [0.05, 0.1) is 26.2 Å². The molecule has 0 saturated carbocycles.